The van der Waals surface area contributed by atoms with E-state index in [9.17, 15) is 13.2 Å². The summed E-state index contributed by atoms with van der Waals surface area (Å²) in [7, 11) is 0. The molecule has 0 aliphatic rings. The third-order valence-electron chi connectivity index (χ3n) is 2.64. The average Bonchev–Trinajstić information content (AvgIpc) is 2.41. The molecule has 0 atom stereocenters. The van der Waals surface area contributed by atoms with Crippen LogP contribution in [0.15, 0.2) is 36.4 Å². The number of halogens is 3. The van der Waals surface area contributed by atoms with E-state index < -0.39 is 17.5 Å². The highest BCUT2D eigenvalue weighted by Crippen LogP contribution is 2.18. The van der Waals surface area contributed by atoms with Crippen LogP contribution in [0, 0.1) is 17.5 Å². The molecular weight excluding hydrogens is 255 g/mol. The molecule has 0 saturated carbocycles. The lowest BCUT2D eigenvalue weighted by Gasteiger charge is -2.08. The molecule has 19 heavy (non-hydrogen) atoms. The van der Waals surface area contributed by atoms with E-state index in [-0.39, 0.29) is 18.9 Å². The van der Waals surface area contributed by atoms with Crippen LogP contribution < -0.4 is 10.5 Å². The van der Waals surface area contributed by atoms with Crippen molar-refractivity contribution in [1.29, 1.82) is 0 Å². The lowest BCUT2D eigenvalue weighted by molar-refractivity contribution is 0.297. The Morgan fingerprint density at radius 2 is 1.68 bits per heavy atom. The fourth-order valence-electron chi connectivity index (χ4n) is 1.56. The largest absolute Gasteiger partial charge is 0.489 e. The van der Waals surface area contributed by atoms with Crippen molar-refractivity contribution in [3.05, 3.63) is 65.0 Å². The van der Waals surface area contributed by atoms with Crippen LogP contribution in [-0.4, -0.2) is 0 Å². The first-order valence-electron chi connectivity index (χ1n) is 5.65. The summed E-state index contributed by atoms with van der Waals surface area (Å²) in [6.45, 7) is 0.184. The SMILES string of the molecule is NCc1ccc(COc2ccc(F)c(F)c2)c(F)c1. The Kier molecular flexibility index (Phi) is 4.06. The molecular formula is C14H12F3NO. The zero-order chi connectivity index (χ0) is 13.8. The molecule has 0 aliphatic carbocycles. The van der Waals surface area contributed by atoms with E-state index >= 15 is 0 Å². The second-order valence-corrected chi connectivity index (χ2v) is 3.99. The fourth-order valence-corrected chi connectivity index (χ4v) is 1.56. The van der Waals surface area contributed by atoms with E-state index in [4.69, 9.17) is 10.5 Å². The second kappa shape index (κ2) is 5.75. The Hall–Kier alpha value is -2.01. The topological polar surface area (TPSA) is 35.2 Å². The lowest BCUT2D eigenvalue weighted by atomic mass is 10.1. The summed E-state index contributed by atoms with van der Waals surface area (Å²) in [5, 5.41) is 0. The fraction of sp³-hybridized carbons (Fsp3) is 0.143. The van der Waals surface area contributed by atoms with Gasteiger partial charge in [0.2, 0.25) is 0 Å². The van der Waals surface area contributed by atoms with Gasteiger partial charge >= 0.3 is 0 Å². The standard InChI is InChI=1S/C14H12F3NO/c15-12-4-3-11(6-14(12)17)19-8-10-2-1-9(7-18)5-13(10)16/h1-6H,7-8,18H2. The molecule has 0 radical (unpaired) electrons. The number of ether oxygens (including phenoxy) is 1. The number of benzene rings is 2. The normalized spacial score (nSPS) is 10.5. The van der Waals surface area contributed by atoms with Crippen LogP contribution in [0.25, 0.3) is 0 Å². The molecule has 0 aromatic heterocycles. The molecule has 2 nitrogen and oxygen atoms in total. The molecule has 0 heterocycles. The van der Waals surface area contributed by atoms with Crippen molar-refractivity contribution < 1.29 is 17.9 Å². The van der Waals surface area contributed by atoms with Gasteiger partial charge in [0.15, 0.2) is 11.6 Å². The maximum Gasteiger partial charge on any atom is 0.162 e. The Labute approximate surface area is 108 Å². The van der Waals surface area contributed by atoms with Crippen LogP contribution >= 0.6 is 0 Å². The van der Waals surface area contributed by atoms with Crippen LogP contribution in [0.2, 0.25) is 0 Å². The molecule has 5 heteroatoms. The smallest absolute Gasteiger partial charge is 0.162 e. The van der Waals surface area contributed by atoms with Gasteiger partial charge in [0.1, 0.15) is 18.2 Å². The summed E-state index contributed by atoms with van der Waals surface area (Å²) in [4.78, 5) is 0. The number of hydrogen-bond acceptors (Lipinski definition) is 2. The van der Waals surface area contributed by atoms with Gasteiger partial charge in [-0.15, -0.1) is 0 Å². The first-order valence-corrected chi connectivity index (χ1v) is 5.65. The van der Waals surface area contributed by atoms with Crippen LogP contribution in [0.5, 0.6) is 5.75 Å². The molecule has 0 fully saturated rings. The van der Waals surface area contributed by atoms with Crippen molar-refractivity contribution in [2.75, 3.05) is 0 Å². The minimum atomic E-state index is -1.00. The summed E-state index contributed by atoms with van der Waals surface area (Å²) in [6.07, 6.45) is 0. The van der Waals surface area contributed by atoms with E-state index in [0.717, 1.165) is 12.1 Å². The average molecular weight is 267 g/mol. The van der Waals surface area contributed by atoms with E-state index in [2.05, 4.69) is 0 Å². The highest BCUT2D eigenvalue weighted by molar-refractivity contribution is 5.26. The molecule has 0 unspecified atom stereocenters. The minimum Gasteiger partial charge on any atom is -0.489 e. The van der Waals surface area contributed by atoms with Gasteiger partial charge in [-0.1, -0.05) is 12.1 Å². The van der Waals surface area contributed by atoms with Crippen molar-refractivity contribution >= 4 is 0 Å². The summed E-state index contributed by atoms with van der Waals surface area (Å²) >= 11 is 0. The molecule has 0 saturated heterocycles. The number of rotatable bonds is 4. The number of nitrogens with two attached hydrogens (primary N) is 1. The van der Waals surface area contributed by atoms with Gasteiger partial charge in [-0.05, 0) is 23.8 Å². The summed E-state index contributed by atoms with van der Waals surface area (Å²) in [5.74, 6) is -2.26. The molecule has 2 aromatic rings. The quantitative estimate of drug-likeness (QED) is 0.923. The van der Waals surface area contributed by atoms with Crippen molar-refractivity contribution in [3.8, 4) is 5.75 Å². The van der Waals surface area contributed by atoms with E-state index in [0.29, 0.717) is 11.1 Å². The maximum absolute atomic E-state index is 13.6. The van der Waals surface area contributed by atoms with Crippen molar-refractivity contribution in [3.63, 3.8) is 0 Å². The summed E-state index contributed by atoms with van der Waals surface area (Å²) in [6, 6.07) is 7.72. The van der Waals surface area contributed by atoms with Crippen LogP contribution in [0.4, 0.5) is 13.2 Å². The van der Waals surface area contributed by atoms with Crippen LogP contribution in [0.1, 0.15) is 11.1 Å². The van der Waals surface area contributed by atoms with Crippen LogP contribution in [0.3, 0.4) is 0 Å². The van der Waals surface area contributed by atoms with E-state index in [1.165, 1.54) is 12.1 Å². The maximum atomic E-state index is 13.6. The Morgan fingerprint density at radius 3 is 2.32 bits per heavy atom. The van der Waals surface area contributed by atoms with Gasteiger partial charge in [0.25, 0.3) is 0 Å². The van der Waals surface area contributed by atoms with Gasteiger partial charge in [-0.3, -0.25) is 0 Å². The molecule has 2 aromatic carbocycles. The molecule has 0 bridgehead atoms. The number of hydrogen-bond donors (Lipinski definition) is 1. The molecule has 0 aliphatic heterocycles. The summed E-state index contributed by atoms with van der Waals surface area (Å²) in [5.41, 5.74) is 6.39. The highest BCUT2D eigenvalue weighted by Gasteiger charge is 2.06. The predicted octanol–water partition coefficient (Wildman–Crippen LogP) is 3.14. The zero-order valence-electron chi connectivity index (χ0n) is 10.00. The van der Waals surface area contributed by atoms with Gasteiger partial charge in [0.05, 0.1) is 0 Å². The third-order valence-corrected chi connectivity index (χ3v) is 2.64. The van der Waals surface area contributed by atoms with E-state index in [1.54, 1.807) is 12.1 Å². The predicted molar refractivity (Wildman–Crippen MR) is 65.0 cm³/mol. The van der Waals surface area contributed by atoms with Gasteiger partial charge in [0, 0.05) is 18.2 Å². The van der Waals surface area contributed by atoms with Crippen LogP contribution in [-0.2, 0) is 13.2 Å². The van der Waals surface area contributed by atoms with Gasteiger partial charge < -0.3 is 10.5 Å². The van der Waals surface area contributed by atoms with Crippen molar-refractivity contribution in [2.24, 2.45) is 5.73 Å². The minimum absolute atomic E-state index is 0.0677. The van der Waals surface area contributed by atoms with Crippen molar-refractivity contribution in [1.82, 2.24) is 0 Å². The van der Waals surface area contributed by atoms with Gasteiger partial charge in [-0.2, -0.15) is 0 Å². The Balaban J connectivity index is 2.07. The van der Waals surface area contributed by atoms with Crippen molar-refractivity contribution in [2.45, 2.75) is 13.2 Å². The molecule has 0 spiro atoms. The monoisotopic (exact) mass is 267 g/mol. The van der Waals surface area contributed by atoms with E-state index in [1.807, 2.05) is 0 Å². The Morgan fingerprint density at radius 1 is 0.895 bits per heavy atom. The zero-order valence-corrected chi connectivity index (χ0v) is 10.00. The first-order chi connectivity index (χ1) is 9.10. The first kappa shape index (κ1) is 13.4. The van der Waals surface area contributed by atoms with Gasteiger partial charge in [-0.25, -0.2) is 13.2 Å². The molecule has 0 amide bonds. The lowest BCUT2D eigenvalue weighted by Crippen LogP contribution is -2.02. The highest BCUT2D eigenvalue weighted by atomic mass is 19.2. The molecule has 2 N–H and O–H groups in total. The second-order valence-electron chi connectivity index (χ2n) is 3.99. The Bertz CT molecular complexity index is 587. The third kappa shape index (κ3) is 3.26. The molecule has 2 rings (SSSR count). The summed E-state index contributed by atoms with van der Waals surface area (Å²) < 4.78 is 44.5. The molecule has 100 valence electrons.